The molecule has 1 rings (SSSR count). The highest BCUT2D eigenvalue weighted by Crippen LogP contribution is 2.13. The van der Waals surface area contributed by atoms with Crippen LogP contribution in [0.25, 0.3) is 0 Å². The van der Waals surface area contributed by atoms with Crippen molar-refractivity contribution in [3.05, 3.63) is 23.4 Å². The van der Waals surface area contributed by atoms with Gasteiger partial charge in [0.05, 0.1) is 6.61 Å². The van der Waals surface area contributed by atoms with Gasteiger partial charge in [-0.2, -0.15) is 0 Å². The summed E-state index contributed by atoms with van der Waals surface area (Å²) in [5.41, 5.74) is 2.35. The van der Waals surface area contributed by atoms with Crippen LogP contribution in [0.3, 0.4) is 0 Å². The van der Waals surface area contributed by atoms with Gasteiger partial charge in [-0.15, -0.1) is 0 Å². The molecule has 0 bridgehead atoms. The van der Waals surface area contributed by atoms with Gasteiger partial charge in [-0.3, -0.25) is 0 Å². The number of hydrogen-bond donors (Lipinski definition) is 1. The van der Waals surface area contributed by atoms with E-state index < -0.39 is 0 Å². The zero-order valence-corrected chi connectivity index (χ0v) is 12.7. The minimum absolute atomic E-state index is 0.742. The third kappa shape index (κ3) is 6.03. The number of nitrogens with zero attached hydrogens (tertiary/aromatic N) is 2. The number of aromatic nitrogens is 1. The Morgan fingerprint density at radius 2 is 2.11 bits per heavy atom. The normalized spacial score (nSPS) is 10.7. The van der Waals surface area contributed by atoms with Gasteiger partial charge in [0.1, 0.15) is 5.82 Å². The van der Waals surface area contributed by atoms with Crippen molar-refractivity contribution in [2.45, 2.75) is 33.7 Å². The van der Waals surface area contributed by atoms with Crippen LogP contribution in [-0.4, -0.2) is 38.3 Å². The second-order valence-electron chi connectivity index (χ2n) is 4.77. The summed E-state index contributed by atoms with van der Waals surface area (Å²) in [5, 5.41) is 3.43. The Balaban J connectivity index is 2.61. The predicted octanol–water partition coefficient (Wildman–Crippen LogP) is 2.36. The summed E-state index contributed by atoms with van der Waals surface area (Å²) >= 11 is 0. The van der Waals surface area contributed by atoms with Crippen LogP contribution >= 0.6 is 0 Å². The fraction of sp³-hybridized carbons (Fsp3) is 0.667. The van der Waals surface area contributed by atoms with Crippen LogP contribution in [0.2, 0.25) is 0 Å². The summed E-state index contributed by atoms with van der Waals surface area (Å²) in [6.45, 7) is 10.6. The lowest BCUT2D eigenvalue weighted by Crippen LogP contribution is -2.24. The van der Waals surface area contributed by atoms with Gasteiger partial charge in [0.25, 0.3) is 0 Å². The summed E-state index contributed by atoms with van der Waals surface area (Å²) in [6, 6.07) is 4.30. The second kappa shape index (κ2) is 8.88. The topological polar surface area (TPSA) is 37.4 Å². The smallest absolute Gasteiger partial charge is 0.128 e. The zero-order valence-electron chi connectivity index (χ0n) is 12.7. The average Bonchev–Trinajstić information content (AvgIpc) is 2.38. The molecule has 0 unspecified atom stereocenters. The third-order valence-corrected chi connectivity index (χ3v) is 2.92. The van der Waals surface area contributed by atoms with Crippen molar-refractivity contribution in [3.63, 3.8) is 0 Å². The van der Waals surface area contributed by atoms with Crippen LogP contribution in [-0.2, 0) is 11.3 Å². The first-order chi connectivity index (χ1) is 9.17. The van der Waals surface area contributed by atoms with Crippen LogP contribution in [0.5, 0.6) is 0 Å². The van der Waals surface area contributed by atoms with Crippen molar-refractivity contribution in [2.24, 2.45) is 0 Å². The maximum Gasteiger partial charge on any atom is 0.128 e. The van der Waals surface area contributed by atoms with E-state index in [9.17, 15) is 0 Å². The van der Waals surface area contributed by atoms with Crippen molar-refractivity contribution in [3.8, 4) is 0 Å². The van der Waals surface area contributed by atoms with Crippen molar-refractivity contribution >= 4 is 5.82 Å². The Hall–Kier alpha value is -1.13. The molecular formula is C15H27N3O. The maximum atomic E-state index is 5.38. The van der Waals surface area contributed by atoms with Crippen molar-refractivity contribution in [2.75, 3.05) is 38.3 Å². The Morgan fingerprint density at radius 3 is 2.79 bits per heavy atom. The van der Waals surface area contributed by atoms with E-state index in [0.717, 1.165) is 50.8 Å². The van der Waals surface area contributed by atoms with Crippen LogP contribution in [0.1, 0.15) is 31.5 Å². The molecular weight excluding hydrogens is 238 g/mol. The average molecular weight is 265 g/mol. The van der Waals surface area contributed by atoms with Crippen LogP contribution < -0.4 is 10.2 Å². The number of pyridine rings is 1. The quantitative estimate of drug-likeness (QED) is 0.696. The molecule has 0 saturated carbocycles. The molecule has 0 fully saturated rings. The molecule has 0 aliphatic rings. The molecule has 0 aliphatic heterocycles. The number of nitrogens with one attached hydrogen (secondary N) is 1. The van der Waals surface area contributed by atoms with Crippen LogP contribution in [0.15, 0.2) is 12.1 Å². The fourth-order valence-corrected chi connectivity index (χ4v) is 1.89. The summed E-state index contributed by atoms with van der Waals surface area (Å²) < 4.78 is 5.38. The molecule has 0 aromatic carbocycles. The second-order valence-corrected chi connectivity index (χ2v) is 4.77. The van der Waals surface area contributed by atoms with Gasteiger partial charge in [0, 0.05) is 32.4 Å². The summed E-state index contributed by atoms with van der Waals surface area (Å²) in [5.74, 6) is 1.02. The Kier molecular flexibility index (Phi) is 7.45. The van der Waals surface area contributed by atoms with E-state index in [4.69, 9.17) is 4.74 Å². The first-order valence-electron chi connectivity index (χ1n) is 7.14. The molecule has 0 radical (unpaired) electrons. The van der Waals surface area contributed by atoms with Crippen molar-refractivity contribution in [1.29, 1.82) is 0 Å². The Morgan fingerprint density at radius 1 is 1.32 bits per heavy atom. The molecule has 0 saturated heterocycles. The number of aryl methyl sites for hydroxylation is 1. The predicted molar refractivity (Wildman–Crippen MR) is 80.7 cm³/mol. The van der Waals surface area contributed by atoms with Gasteiger partial charge in [0.15, 0.2) is 0 Å². The SMILES string of the molecule is CCCNCc1cc(C)nc(N(C)CCOCC)c1. The monoisotopic (exact) mass is 265 g/mol. The van der Waals surface area contributed by atoms with Gasteiger partial charge in [-0.25, -0.2) is 4.98 Å². The lowest BCUT2D eigenvalue weighted by atomic mass is 10.2. The third-order valence-electron chi connectivity index (χ3n) is 2.92. The summed E-state index contributed by atoms with van der Waals surface area (Å²) in [4.78, 5) is 6.73. The molecule has 19 heavy (non-hydrogen) atoms. The van der Waals surface area contributed by atoms with E-state index in [-0.39, 0.29) is 0 Å². The molecule has 4 heteroatoms. The highest BCUT2D eigenvalue weighted by molar-refractivity contribution is 5.41. The van der Waals surface area contributed by atoms with Crippen molar-refractivity contribution < 1.29 is 4.74 Å². The minimum atomic E-state index is 0.742. The molecule has 0 atom stereocenters. The Bertz CT molecular complexity index is 368. The number of anilines is 1. The standard InChI is InChI=1S/C15H27N3O/c1-5-7-16-12-14-10-13(3)17-15(11-14)18(4)8-9-19-6-2/h10-11,16H,5-9,12H2,1-4H3. The molecule has 4 nitrogen and oxygen atoms in total. The van der Waals surface area contributed by atoms with E-state index in [2.05, 4.69) is 41.3 Å². The molecule has 1 aromatic rings. The number of likely N-dealkylation sites (N-methyl/N-ethyl adjacent to an activating group) is 1. The van der Waals surface area contributed by atoms with Crippen LogP contribution in [0.4, 0.5) is 5.82 Å². The molecule has 108 valence electrons. The summed E-state index contributed by atoms with van der Waals surface area (Å²) in [6.07, 6.45) is 1.16. The van der Waals surface area contributed by atoms with Crippen LogP contribution in [0, 0.1) is 6.92 Å². The number of rotatable bonds is 9. The Labute approximate surface area is 117 Å². The summed E-state index contributed by atoms with van der Waals surface area (Å²) in [7, 11) is 2.06. The van der Waals surface area contributed by atoms with Gasteiger partial charge >= 0.3 is 0 Å². The largest absolute Gasteiger partial charge is 0.380 e. The zero-order chi connectivity index (χ0) is 14.1. The van der Waals surface area contributed by atoms with E-state index in [0.29, 0.717) is 0 Å². The van der Waals surface area contributed by atoms with E-state index in [1.807, 2.05) is 13.8 Å². The van der Waals surface area contributed by atoms with E-state index >= 15 is 0 Å². The fourth-order valence-electron chi connectivity index (χ4n) is 1.89. The number of ether oxygens (including phenoxy) is 1. The molecule has 0 aliphatic carbocycles. The number of hydrogen-bond acceptors (Lipinski definition) is 4. The van der Waals surface area contributed by atoms with Gasteiger partial charge in [0.2, 0.25) is 0 Å². The molecule has 1 N–H and O–H groups in total. The first-order valence-corrected chi connectivity index (χ1v) is 7.14. The lowest BCUT2D eigenvalue weighted by molar-refractivity contribution is 0.154. The molecule has 0 amide bonds. The van der Waals surface area contributed by atoms with E-state index in [1.54, 1.807) is 0 Å². The molecule has 1 aromatic heterocycles. The molecule has 1 heterocycles. The van der Waals surface area contributed by atoms with E-state index in [1.165, 1.54) is 5.56 Å². The minimum Gasteiger partial charge on any atom is -0.380 e. The highest BCUT2D eigenvalue weighted by atomic mass is 16.5. The maximum absolute atomic E-state index is 5.38. The lowest BCUT2D eigenvalue weighted by Gasteiger charge is -2.19. The van der Waals surface area contributed by atoms with Crippen molar-refractivity contribution in [1.82, 2.24) is 10.3 Å². The molecule has 0 spiro atoms. The van der Waals surface area contributed by atoms with Gasteiger partial charge in [-0.05, 0) is 44.5 Å². The first kappa shape index (κ1) is 15.9. The highest BCUT2D eigenvalue weighted by Gasteiger charge is 2.05. The van der Waals surface area contributed by atoms with Gasteiger partial charge < -0.3 is 15.0 Å². The van der Waals surface area contributed by atoms with Gasteiger partial charge in [-0.1, -0.05) is 6.92 Å².